The van der Waals surface area contributed by atoms with Crippen LogP contribution in [0.15, 0.2) is 45.6 Å². The van der Waals surface area contributed by atoms with Crippen molar-refractivity contribution in [3.63, 3.8) is 0 Å². The molecule has 0 N–H and O–H groups in total. The number of halogens is 1. The third-order valence-electron chi connectivity index (χ3n) is 2.86. The molecule has 0 aliphatic rings. The number of fused-ring (bicyclic) bond motifs is 2. The van der Waals surface area contributed by atoms with E-state index in [2.05, 4.69) is 0 Å². The summed E-state index contributed by atoms with van der Waals surface area (Å²) in [5, 5.41) is 0.283. The van der Waals surface area contributed by atoms with Crippen LogP contribution in [0, 0.1) is 5.82 Å². The molecule has 1 aromatic heterocycles. The number of hydrogen-bond donors (Lipinski definition) is 0. The SMILES string of the molecule is COc1ccc(F)c2c(=O)c3ccccc3oc12. The largest absolute Gasteiger partial charge is 0.493 e. The van der Waals surface area contributed by atoms with Crippen molar-refractivity contribution >= 4 is 21.9 Å². The van der Waals surface area contributed by atoms with Gasteiger partial charge in [-0.05, 0) is 24.3 Å². The van der Waals surface area contributed by atoms with Crippen LogP contribution in [0.1, 0.15) is 0 Å². The van der Waals surface area contributed by atoms with Crippen LogP contribution in [0.3, 0.4) is 0 Å². The molecule has 2 aromatic carbocycles. The molecule has 90 valence electrons. The van der Waals surface area contributed by atoms with Crippen LogP contribution in [-0.2, 0) is 0 Å². The highest BCUT2D eigenvalue weighted by Crippen LogP contribution is 2.28. The maximum absolute atomic E-state index is 13.8. The molecule has 0 aliphatic carbocycles. The van der Waals surface area contributed by atoms with Gasteiger partial charge in [0.05, 0.1) is 12.5 Å². The van der Waals surface area contributed by atoms with Crippen LogP contribution in [0.5, 0.6) is 5.75 Å². The summed E-state index contributed by atoms with van der Waals surface area (Å²) >= 11 is 0. The van der Waals surface area contributed by atoms with Crippen LogP contribution in [0.2, 0.25) is 0 Å². The average molecular weight is 244 g/mol. The molecule has 0 unspecified atom stereocenters. The first-order valence-electron chi connectivity index (χ1n) is 5.40. The molecule has 0 atom stereocenters. The maximum atomic E-state index is 13.8. The molecule has 0 saturated carbocycles. The predicted molar refractivity (Wildman–Crippen MR) is 66.5 cm³/mol. The van der Waals surface area contributed by atoms with Crippen molar-refractivity contribution in [1.29, 1.82) is 0 Å². The van der Waals surface area contributed by atoms with E-state index in [4.69, 9.17) is 9.15 Å². The number of hydrogen-bond acceptors (Lipinski definition) is 3. The molecule has 0 fully saturated rings. The van der Waals surface area contributed by atoms with E-state index in [1.54, 1.807) is 24.3 Å². The summed E-state index contributed by atoms with van der Waals surface area (Å²) in [6, 6.07) is 9.38. The molecule has 0 saturated heterocycles. The molecule has 18 heavy (non-hydrogen) atoms. The Balaban J connectivity index is 2.63. The van der Waals surface area contributed by atoms with Crippen molar-refractivity contribution in [2.24, 2.45) is 0 Å². The summed E-state index contributed by atoms with van der Waals surface area (Å²) in [7, 11) is 1.45. The standard InChI is InChI=1S/C14H9FO3/c1-17-11-7-6-9(15)12-13(16)8-4-2-3-5-10(8)18-14(11)12/h2-7H,1H3. The molecule has 4 heteroatoms. The van der Waals surface area contributed by atoms with Gasteiger partial charge < -0.3 is 9.15 Å². The van der Waals surface area contributed by atoms with E-state index in [1.807, 2.05) is 0 Å². The molecule has 0 bridgehead atoms. The fourth-order valence-electron chi connectivity index (χ4n) is 2.00. The second-order valence-electron chi connectivity index (χ2n) is 3.88. The van der Waals surface area contributed by atoms with E-state index < -0.39 is 5.82 Å². The minimum atomic E-state index is -0.606. The van der Waals surface area contributed by atoms with Crippen molar-refractivity contribution in [1.82, 2.24) is 0 Å². The molecular weight excluding hydrogens is 235 g/mol. The van der Waals surface area contributed by atoms with Crippen LogP contribution in [0.4, 0.5) is 4.39 Å². The Hall–Kier alpha value is -2.36. The Morgan fingerprint density at radius 1 is 1.17 bits per heavy atom. The minimum Gasteiger partial charge on any atom is -0.493 e. The number of rotatable bonds is 1. The number of benzene rings is 2. The zero-order valence-corrected chi connectivity index (χ0v) is 9.57. The lowest BCUT2D eigenvalue weighted by Gasteiger charge is -2.06. The highest BCUT2D eigenvalue weighted by atomic mass is 19.1. The molecule has 3 nitrogen and oxygen atoms in total. The Morgan fingerprint density at radius 2 is 1.94 bits per heavy atom. The van der Waals surface area contributed by atoms with Crippen molar-refractivity contribution in [3.05, 3.63) is 52.4 Å². The third-order valence-corrected chi connectivity index (χ3v) is 2.86. The molecule has 3 rings (SSSR count). The topological polar surface area (TPSA) is 39.4 Å². The summed E-state index contributed by atoms with van der Waals surface area (Å²) in [5.41, 5.74) is 0.170. The Bertz CT molecular complexity index is 805. The van der Waals surface area contributed by atoms with Gasteiger partial charge in [-0.25, -0.2) is 4.39 Å². The molecular formula is C14H9FO3. The fourth-order valence-corrected chi connectivity index (χ4v) is 2.00. The second-order valence-corrected chi connectivity index (χ2v) is 3.88. The third kappa shape index (κ3) is 1.39. The van der Waals surface area contributed by atoms with Gasteiger partial charge in [0.2, 0.25) is 5.43 Å². The Kier molecular flexibility index (Phi) is 2.30. The molecule has 1 heterocycles. The normalized spacial score (nSPS) is 11.0. The van der Waals surface area contributed by atoms with Crippen LogP contribution < -0.4 is 10.2 Å². The summed E-state index contributed by atoms with van der Waals surface area (Å²) in [6.45, 7) is 0. The quantitative estimate of drug-likeness (QED) is 0.617. The van der Waals surface area contributed by atoms with Gasteiger partial charge in [0.1, 0.15) is 16.8 Å². The maximum Gasteiger partial charge on any atom is 0.203 e. The monoisotopic (exact) mass is 244 g/mol. The van der Waals surface area contributed by atoms with Gasteiger partial charge in [-0.2, -0.15) is 0 Å². The first-order valence-corrected chi connectivity index (χ1v) is 5.40. The smallest absolute Gasteiger partial charge is 0.203 e. The van der Waals surface area contributed by atoms with Gasteiger partial charge in [-0.15, -0.1) is 0 Å². The fraction of sp³-hybridized carbons (Fsp3) is 0.0714. The average Bonchev–Trinajstić information content (AvgIpc) is 2.39. The van der Waals surface area contributed by atoms with Crippen LogP contribution in [0.25, 0.3) is 21.9 Å². The van der Waals surface area contributed by atoms with Gasteiger partial charge in [0.15, 0.2) is 11.3 Å². The zero-order valence-electron chi connectivity index (χ0n) is 9.57. The number of ether oxygens (including phenoxy) is 1. The summed E-state index contributed by atoms with van der Waals surface area (Å²) in [5.74, 6) is -0.264. The Labute approximate surface area is 101 Å². The van der Waals surface area contributed by atoms with Gasteiger partial charge in [0, 0.05) is 0 Å². The van der Waals surface area contributed by atoms with Crippen molar-refractivity contribution in [2.45, 2.75) is 0 Å². The molecule has 3 aromatic rings. The zero-order chi connectivity index (χ0) is 12.7. The van der Waals surface area contributed by atoms with E-state index in [0.717, 1.165) is 0 Å². The minimum absolute atomic E-state index is 0.0759. The lowest BCUT2D eigenvalue weighted by Crippen LogP contribution is -2.05. The molecule has 0 radical (unpaired) electrons. The summed E-state index contributed by atoms with van der Waals surface area (Å²) in [4.78, 5) is 12.2. The Morgan fingerprint density at radius 3 is 2.72 bits per heavy atom. The van der Waals surface area contributed by atoms with E-state index in [0.29, 0.717) is 16.7 Å². The van der Waals surface area contributed by atoms with Gasteiger partial charge in [-0.3, -0.25) is 4.79 Å². The first-order chi connectivity index (χ1) is 8.72. The molecule has 0 aliphatic heterocycles. The van der Waals surface area contributed by atoms with Gasteiger partial charge in [-0.1, -0.05) is 12.1 Å². The van der Waals surface area contributed by atoms with Crippen LogP contribution >= 0.6 is 0 Å². The van der Waals surface area contributed by atoms with Gasteiger partial charge >= 0.3 is 0 Å². The lowest BCUT2D eigenvalue weighted by molar-refractivity contribution is 0.410. The number of methoxy groups -OCH3 is 1. The van der Waals surface area contributed by atoms with E-state index in [9.17, 15) is 9.18 Å². The molecule has 0 amide bonds. The van der Waals surface area contributed by atoms with Crippen molar-refractivity contribution < 1.29 is 13.5 Å². The highest BCUT2D eigenvalue weighted by Gasteiger charge is 2.15. The van der Waals surface area contributed by atoms with E-state index >= 15 is 0 Å². The molecule has 0 spiro atoms. The van der Waals surface area contributed by atoms with Gasteiger partial charge in [0.25, 0.3) is 0 Å². The van der Waals surface area contributed by atoms with E-state index in [1.165, 1.54) is 19.2 Å². The van der Waals surface area contributed by atoms with Crippen LogP contribution in [-0.4, -0.2) is 7.11 Å². The second kappa shape index (κ2) is 3.84. The summed E-state index contributed by atoms with van der Waals surface area (Å²) < 4.78 is 24.4. The number of para-hydroxylation sites is 1. The highest BCUT2D eigenvalue weighted by molar-refractivity contribution is 5.92. The van der Waals surface area contributed by atoms with Crippen molar-refractivity contribution in [3.8, 4) is 5.75 Å². The first kappa shape index (κ1) is 10.8. The predicted octanol–water partition coefficient (Wildman–Crippen LogP) is 3.09. The van der Waals surface area contributed by atoms with Crippen molar-refractivity contribution in [2.75, 3.05) is 7.11 Å². The lowest BCUT2D eigenvalue weighted by atomic mass is 10.1. The van der Waals surface area contributed by atoms with E-state index in [-0.39, 0.29) is 16.4 Å². The summed E-state index contributed by atoms with van der Waals surface area (Å²) in [6.07, 6.45) is 0.